The largest absolute Gasteiger partial charge is 0.425 e. The first kappa shape index (κ1) is 21.5. The van der Waals surface area contributed by atoms with Gasteiger partial charge in [-0.2, -0.15) is 4.98 Å². The van der Waals surface area contributed by atoms with Gasteiger partial charge in [-0.1, -0.05) is 24.3 Å². The predicted molar refractivity (Wildman–Crippen MR) is 118 cm³/mol. The average Bonchev–Trinajstić information content (AvgIpc) is 3.12. The third-order valence-electron chi connectivity index (χ3n) is 5.19. The Morgan fingerprint density at radius 2 is 1.84 bits per heavy atom. The molecule has 2 heterocycles. The molecule has 166 valence electrons. The molecule has 0 amide bonds. The summed E-state index contributed by atoms with van der Waals surface area (Å²) in [5.41, 5.74) is 1.05. The SMILES string of the molecule is Cc1cccc(Oc2nc3c(c(=O)n(CCCO)c(=O)n3C)n2Cc2ccc(F)cc2)c1. The Balaban J connectivity index is 1.93. The van der Waals surface area contributed by atoms with E-state index in [0.29, 0.717) is 5.75 Å². The van der Waals surface area contributed by atoms with Crippen molar-refractivity contribution in [2.45, 2.75) is 26.4 Å². The van der Waals surface area contributed by atoms with E-state index in [1.54, 1.807) is 22.8 Å². The van der Waals surface area contributed by atoms with Crippen LogP contribution in [-0.2, 0) is 20.1 Å². The van der Waals surface area contributed by atoms with Gasteiger partial charge in [-0.3, -0.25) is 18.5 Å². The van der Waals surface area contributed by atoms with Gasteiger partial charge in [-0.25, -0.2) is 9.18 Å². The quantitative estimate of drug-likeness (QED) is 0.479. The Kier molecular flexibility index (Phi) is 5.91. The second-order valence-corrected chi connectivity index (χ2v) is 7.57. The zero-order chi connectivity index (χ0) is 22.8. The zero-order valence-electron chi connectivity index (χ0n) is 17.8. The summed E-state index contributed by atoms with van der Waals surface area (Å²) in [4.78, 5) is 30.5. The molecule has 0 bridgehead atoms. The topological polar surface area (TPSA) is 91.3 Å². The van der Waals surface area contributed by atoms with E-state index < -0.39 is 11.2 Å². The Hall–Kier alpha value is -3.72. The summed E-state index contributed by atoms with van der Waals surface area (Å²) >= 11 is 0. The van der Waals surface area contributed by atoms with Gasteiger partial charge in [0.05, 0.1) is 6.54 Å². The molecule has 0 spiro atoms. The van der Waals surface area contributed by atoms with E-state index in [2.05, 4.69) is 4.98 Å². The van der Waals surface area contributed by atoms with Gasteiger partial charge in [0.2, 0.25) is 0 Å². The molecule has 0 aliphatic carbocycles. The number of hydrogen-bond acceptors (Lipinski definition) is 5. The van der Waals surface area contributed by atoms with Crippen LogP contribution in [0.1, 0.15) is 17.5 Å². The lowest BCUT2D eigenvalue weighted by Gasteiger charge is -2.11. The number of imidazole rings is 1. The molecule has 4 aromatic rings. The maximum Gasteiger partial charge on any atom is 0.332 e. The summed E-state index contributed by atoms with van der Waals surface area (Å²) < 4.78 is 23.4. The minimum Gasteiger partial charge on any atom is -0.425 e. The maximum absolute atomic E-state index is 13.4. The number of fused-ring (bicyclic) bond motifs is 1. The summed E-state index contributed by atoms with van der Waals surface area (Å²) in [5.74, 6) is 0.167. The molecular formula is C23H23FN4O4. The molecule has 0 radical (unpaired) electrons. The van der Waals surface area contributed by atoms with Crippen molar-refractivity contribution < 1.29 is 14.2 Å². The molecule has 0 fully saturated rings. The van der Waals surface area contributed by atoms with E-state index in [-0.39, 0.29) is 49.1 Å². The fraction of sp³-hybridized carbons (Fsp3) is 0.261. The molecule has 0 saturated heterocycles. The van der Waals surface area contributed by atoms with Crippen molar-refractivity contribution in [2.24, 2.45) is 7.05 Å². The average molecular weight is 438 g/mol. The highest BCUT2D eigenvalue weighted by molar-refractivity contribution is 5.72. The number of benzene rings is 2. The lowest BCUT2D eigenvalue weighted by atomic mass is 10.2. The van der Waals surface area contributed by atoms with Crippen LogP contribution in [0.3, 0.4) is 0 Å². The summed E-state index contributed by atoms with van der Waals surface area (Å²) in [6.45, 7) is 2.04. The maximum atomic E-state index is 13.4. The van der Waals surface area contributed by atoms with E-state index >= 15 is 0 Å². The minimum atomic E-state index is -0.524. The molecule has 0 atom stereocenters. The highest BCUT2D eigenvalue weighted by Gasteiger charge is 2.22. The summed E-state index contributed by atoms with van der Waals surface area (Å²) in [7, 11) is 1.53. The molecule has 9 heteroatoms. The smallest absolute Gasteiger partial charge is 0.332 e. The molecule has 32 heavy (non-hydrogen) atoms. The van der Waals surface area contributed by atoms with Crippen molar-refractivity contribution >= 4 is 11.2 Å². The van der Waals surface area contributed by atoms with E-state index in [0.717, 1.165) is 15.7 Å². The molecule has 0 aliphatic rings. The lowest BCUT2D eigenvalue weighted by Crippen LogP contribution is -2.39. The van der Waals surface area contributed by atoms with Gasteiger partial charge >= 0.3 is 11.7 Å². The Morgan fingerprint density at radius 3 is 2.53 bits per heavy atom. The van der Waals surface area contributed by atoms with Crippen LogP contribution in [0.4, 0.5) is 4.39 Å². The molecule has 4 rings (SSSR count). The third kappa shape index (κ3) is 4.06. The first-order valence-electron chi connectivity index (χ1n) is 10.2. The molecule has 0 saturated carbocycles. The minimum absolute atomic E-state index is 0.0771. The number of hydrogen-bond donors (Lipinski definition) is 1. The van der Waals surface area contributed by atoms with Crippen molar-refractivity contribution in [3.8, 4) is 11.8 Å². The van der Waals surface area contributed by atoms with Gasteiger partial charge in [0.1, 0.15) is 11.6 Å². The van der Waals surface area contributed by atoms with Crippen molar-refractivity contribution in [1.82, 2.24) is 18.7 Å². The molecule has 8 nitrogen and oxygen atoms in total. The number of rotatable bonds is 7. The Labute approximate surface area is 182 Å². The molecule has 1 N–H and O–H groups in total. The molecule has 0 aliphatic heterocycles. The van der Waals surface area contributed by atoms with Crippen molar-refractivity contribution in [2.75, 3.05) is 6.61 Å². The van der Waals surface area contributed by atoms with Crippen LogP contribution in [0.25, 0.3) is 11.2 Å². The van der Waals surface area contributed by atoms with Crippen molar-refractivity contribution in [3.63, 3.8) is 0 Å². The predicted octanol–water partition coefficient (Wildman–Crippen LogP) is 2.57. The number of halogens is 1. The number of aliphatic hydroxyl groups is 1. The lowest BCUT2D eigenvalue weighted by molar-refractivity contribution is 0.277. The highest BCUT2D eigenvalue weighted by atomic mass is 19.1. The van der Waals surface area contributed by atoms with Crippen LogP contribution in [0.5, 0.6) is 11.8 Å². The van der Waals surface area contributed by atoms with E-state index in [1.165, 1.54) is 23.7 Å². The number of ether oxygens (including phenoxy) is 1. The van der Waals surface area contributed by atoms with E-state index in [1.807, 2.05) is 25.1 Å². The Morgan fingerprint density at radius 1 is 1.09 bits per heavy atom. The van der Waals surface area contributed by atoms with Gasteiger partial charge < -0.3 is 9.84 Å². The fourth-order valence-electron chi connectivity index (χ4n) is 3.56. The van der Waals surface area contributed by atoms with Gasteiger partial charge in [0.15, 0.2) is 11.2 Å². The van der Waals surface area contributed by atoms with Gasteiger partial charge in [-0.15, -0.1) is 0 Å². The van der Waals surface area contributed by atoms with E-state index in [4.69, 9.17) is 9.84 Å². The first-order chi connectivity index (χ1) is 15.4. The normalized spacial score (nSPS) is 11.2. The molecule has 0 unspecified atom stereocenters. The summed E-state index contributed by atoms with van der Waals surface area (Å²) in [6, 6.07) is 13.4. The van der Waals surface area contributed by atoms with E-state index in [9.17, 15) is 14.0 Å². The van der Waals surface area contributed by atoms with Crippen molar-refractivity contribution in [1.29, 1.82) is 0 Å². The molecule has 2 aromatic carbocycles. The second-order valence-electron chi connectivity index (χ2n) is 7.57. The number of aromatic nitrogens is 4. The number of aliphatic hydroxyl groups excluding tert-OH is 1. The van der Waals surface area contributed by atoms with Crippen LogP contribution in [0.15, 0.2) is 58.1 Å². The van der Waals surface area contributed by atoms with Crippen molar-refractivity contribution in [3.05, 3.63) is 86.3 Å². The number of nitrogens with zero attached hydrogens (tertiary/aromatic N) is 4. The van der Waals surface area contributed by atoms with Gasteiger partial charge in [0, 0.05) is 20.2 Å². The van der Waals surface area contributed by atoms with Crippen LogP contribution in [-0.4, -0.2) is 30.4 Å². The zero-order valence-corrected chi connectivity index (χ0v) is 17.8. The second kappa shape index (κ2) is 8.80. The van der Waals surface area contributed by atoms with Crippen LogP contribution < -0.4 is 16.0 Å². The Bertz CT molecular complexity index is 1390. The third-order valence-corrected chi connectivity index (χ3v) is 5.19. The number of aryl methyl sites for hydroxylation is 2. The monoisotopic (exact) mass is 438 g/mol. The first-order valence-corrected chi connectivity index (χ1v) is 10.2. The van der Waals surface area contributed by atoms with Crippen LogP contribution >= 0.6 is 0 Å². The fourth-order valence-corrected chi connectivity index (χ4v) is 3.56. The highest BCUT2D eigenvalue weighted by Crippen LogP contribution is 2.25. The standard InChI is InChI=1S/C23H23FN4O4/c1-15-5-3-6-18(13-15)32-22-25-20-19(28(22)14-16-7-9-17(24)10-8-16)21(30)27(11-4-12-29)23(31)26(20)2/h3,5-10,13,29H,4,11-12,14H2,1-2H3. The van der Waals surface area contributed by atoms with Gasteiger partial charge in [-0.05, 0) is 48.7 Å². The van der Waals surface area contributed by atoms with Crippen LogP contribution in [0.2, 0.25) is 0 Å². The molecular weight excluding hydrogens is 415 g/mol. The molecule has 2 aromatic heterocycles. The van der Waals surface area contributed by atoms with Gasteiger partial charge in [0.25, 0.3) is 5.56 Å². The van der Waals surface area contributed by atoms with Crippen LogP contribution in [0, 0.1) is 12.7 Å². The summed E-state index contributed by atoms with van der Waals surface area (Å²) in [5, 5.41) is 9.16. The summed E-state index contributed by atoms with van der Waals surface area (Å²) in [6.07, 6.45) is 0.263.